The first-order valence-electron chi connectivity index (χ1n) is 6.87. The van der Waals surface area contributed by atoms with Gasteiger partial charge in [-0.3, -0.25) is 0 Å². The van der Waals surface area contributed by atoms with E-state index >= 15 is 0 Å². The second kappa shape index (κ2) is 7.25. The molecule has 2 rings (SSSR count). The SMILES string of the molecule is CCC(N)Cc1ccc(N(C)Cc2cc(Br)cs2)cc1. The van der Waals surface area contributed by atoms with E-state index in [1.165, 1.54) is 16.1 Å². The minimum atomic E-state index is 0.266. The average Bonchev–Trinajstić information content (AvgIpc) is 2.84. The van der Waals surface area contributed by atoms with Crippen molar-refractivity contribution in [3.8, 4) is 0 Å². The van der Waals surface area contributed by atoms with Gasteiger partial charge in [-0.1, -0.05) is 19.1 Å². The topological polar surface area (TPSA) is 29.3 Å². The fourth-order valence-corrected chi connectivity index (χ4v) is 3.60. The van der Waals surface area contributed by atoms with E-state index < -0.39 is 0 Å². The fraction of sp³-hybridized carbons (Fsp3) is 0.375. The molecule has 0 saturated carbocycles. The molecule has 1 atom stereocenters. The van der Waals surface area contributed by atoms with Crippen LogP contribution in [0.4, 0.5) is 5.69 Å². The summed E-state index contributed by atoms with van der Waals surface area (Å²) in [5, 5.41) is 2.12. The van der Waals surface area contributed by atoms with Crippen LogP contribution in [-0.4, -0.2) is 13.1 Å². The van der Waals surface area contributed by atoms with Gasteiger partial charge in [-0.15, -0.1) is 11.3 Å². The van der Waals surface area contributed by atoms with E-state index in [9.17, 15) is 0 Å². The summed E-state index contributed by atoms with van der Waals surface area (Å²) >= 11 is 5.28. The Bertz CT molecular complexity index is 536. The number of benzene rings is 1. The predicted octanol–water partition coefficient (Wildman–Crippen LogP) is 4.43. The Labute approximate surface area is 133 Å². The Balaban J connectivity index is 1.98. The van der Waals surface area contributed by atoms with Crippen LogP contribution in [0.2, 0.25) is 0 Å². The van der Waals surface area contributed by atoms with Crippen LogP contribution in [-0.2, 0) is 13.0 Å². The second-order valence-electron chi connectivity index (χ2n) is 5.13. The highest BCUT2D eigenvalue weighted by Crippen LogP contribution is 2.23. The lowest BCUT2D eigenvalue weighted by Gasteiger charge is -2.19. The van der Waals surface area contributed by atoms with Gasteiger partial charge in [-0.2, -0.15) is 0 Å². The molecule has 0 bridgehead atoms. The van der Waals surface area contributed by atoms with E-state index in [-0.39, 0.29) is 6.04 Å². The number of anilines is 1. The Morgan fingerprint density at radius 1 is 1.30 bits per heavy atom. The van der Waals surface area contributed by atoms with E-state index in [4.69, 9.17) is 5.73 Å². The molecule has 0 aliphatic carbocycles. The first-order valence-corrected chi connectivity index (χ1v) is 8.54. The van der Waals surface area contributed by atoms with Crippen molar-refractivity contribution in [3.63, 3.8) is 0 Å². The van der Waals surface area contributed by atoms with Gasteiger partial charge in [0.25, 0.3) is 0 Å². The molecular formula is C16H21BrN2S. The summed E-state index contributed by atoms with van der Waals surface area (Å²) in [6, 6.07) is 11.2. The molecule has 0 aliphatic heterocycles. The monoisotopic (exact) mass is 352 g/mol. The lowest BCUT2D eigenvalue weighted by molar-refractivity contribution is 0.646. The van der Waals surface area contributed by atoms with Gasteiger partial charge >= 0.3 is 0 Å². The molecule has 2 N–H and O–H groups in total. The predicted molar refractivity (Wildman–Crippen MR) is 92.5 cm³/mol. The number of rotatable bonds is 6. The zero-order valence-corrected chi connectivity index (χ0v) is 14.4. The van der Waals surface area contributed by atoms with Gasteiger partial charge < -0.3 is 10.6 Å². The highest BCUT2D eigenvalue weighted by molar-refractivity contribution is 9.10. The van der Waals surface area contributed by atoms with Crippen LogP contribution in [0.5, 0.6) is 0 Å². The number of thiophene rings is 1. The van der Waals surface area contributed by atoms with E-state index in [1.54, 1.807) is 11.3 Å². The molecule has 0 amide bonds. The minimum Gasteiger partial charge on any atom is -0.369 e. The Morgan fingerprint density at radius 2 is 2.00 bits per heavy atom. The first kappa shape index (κ1) is 15.5. The van der Waals surface area contributed by atoms with Crippen LogP contribution in [0.3, 0.4) is 0 Å². The van der Waals surface area contributed by atoms with Gasteiger partial charge in [0.15, 0.2) is 0 Å². The number of hydrogen-bond donors (Lipinski definition) is 1. The van der Waals surface area contributed by atoms with Crippen molar-refractivity contribution < 1.29 is 0 Å². The van der Waals surface area contributed by atoms with Crippen molar-refractivity contribution in [1.82, 2.24) is 0 Å². The summed E-state index contributed by atoms with van der Waals surface area (Å²) in [5.41, 5.74) is 8.55. The van der Waals surface area contributed by atoms with Gasteiger partial charge in [-0.05, 0) is 52.5 Å². The standard InChI is InChI=1S/C16H21BrN2S/c1-3-14(18)8-12-4-6-15(7-5-12)19(2)10-16-9-13(17)11-20-16/h4-7,9,11,14H,3,8,10,18H2,1-2H3. The number of hydrogen-bond acceptors (Lipinski definition) is 3. The largest absolute Gasteiger partial charge is 0.369 e. The summed E-state index contributed by atoms with van der Waals surface area (Å²) in [4.78, 5) is 3.62. The van der Waals surface area contributed by atoms with Crippen molar-refractivity contribution in [2.75, 3.05) is 11.9 Å². The molecule has 0 saturated heterocycles. The smallest absolute Gasteiger partial charge is 0.0519 e. The summed E-state index contributed by atoms with van der Waals surface area (Å²) < 4.78 is 1.16. The Hall–Kier alpha value is -0.840. The maximum atomic E-state index is 5.99. The fourth-order valence-electron chi connectivity index (χ4n) is 2.10. The number of nitrogens with zero attached hydrogens (tertiary/aromatic N) is 1. The van der Waals surface area contributed by atoms with Crippen LogP contribution in [0.1, 0.15) is 23.8 Å². The zero-order chi connectivity index (χ0) is 14.5. The molecule has 2 nitrogen and oxygen atoms in total. The van der Waals surface area contributed by atoms with Gasteiger partial charge in [0, 0.05) is 33.5 Å². The Kier molecular flexibility index (Phi) is 5.64. The minimum absolute atomic E-state index is 0.266. The molecule has 4 heteroatoms. The first-order chi connectivity index (χ1) is 9.58. The molecule has 0 aliphatic rings. The molecule has 2 aromatic rings. The van der Waals surface area contributed by atoms with E-state index in [2.05, 4.69) is 70.5 Å². The maximum Gasteiger partial charge on any atom is 0.0519 e. The van der Waals surface area contributed by atoms with Crippen LogP contribution >= 0.6 is 27.3 Å². The summed E-state index contributed by atoms with van der Waals surface area (Å²) in [6.07, 6.45) is 1.98. The van der Waals surface area contributed by atoms with Gasteiger partial charge in [-0.25, -0.2) is 0 Å². The summed E-state index contributed by atoms with van der Waals surface area (Å²) in [6.45, 7) is 3.07. The van der Waals surface area contributed by atoms with Gasteiger partial charge in [0.05, 0.1) is 6.54 Å². The quantitative estimate of drug-likeness (QED) is 0.833. The lowest BCUT2D eigenvalue weighted by atomic mass is 10.0. The van der Waals surface area contributed by atoms with Gasteiger partial charge in [0.2, 0.25) is 0 Å². The van der Waals surface area contributed by atoms with E-state index in [1.807, 2.05) is 0 Å². The molecule has 108 valence electrons. The third kappa shape index (κ3) is 4.33. The highest BCUT2D eigenvalue weighted by atomic mass is 79.9. The van der Waals surface area contributed by atoms with Crippen molar-refractivity contribution in [2.45, 2.75) is 32.4 Å². The van der Waals surface area contributed by atoms with Gasteiger partial charge in [0.1, 0.15) is 0 Å². The zero-order valence-electron chi connectivity index (χ0n) is 12.0. The van der Waals surface area contributed by atoms with Crippen LogP contribution < -0.4 is 10.6 Å². The molecule has 0 radical (unpaired) electrons. The summed E-state index contributed by atoms with van der Waals surface area (Å²) in [5.74, 6) is 0. The highest BCUT2D eigenvalue weighted by Gasteiger charge is 2.06. The normalized spacial score (nSPS) is 12.4. The molecule has 1 aromatic carbocycles. The number of nitrogens with two attached hydrogens (primary N) is 1. The molecule has 1 heterocycles. The van der Waals surface area contributed by atoms with E-state index in [0.29, 0.717) is 0 Å². The van der Waals surface area contributed by atoms with Crippen molar-refractivity contribution in [3.05, 3.63) is 50.6 Å². The molecular weight excluding hydrogens is 332 g/mol. The lowest BCUT2D eigenvalue weighted by Crippen LogP contribution is -2.21. The van der Waals surface area contributed by atoms with Crippen LogP contribution in [0, 0.1) is 0 Å². The van der Waals surface area contributed by atoms with Crippen molar-refractivity contribution in [1.29, 1.82) is 0 Å². The second-order valence-corrected chi connectivity index (χ2v) is 7.04. The van der Waals surface area contributed by atoms with Crippen LogP contribution in [0.15, 0.2) is 40.2 Å². The van der Waals surface area contributed by atoms with Crippen molar-refractivity contribution in [2.24, 2.45) is 5.73 Å². The molecule has 20 heavy (non-hydrogen) atoms. The molecule has 1 aromatic heterocycles. The third-order valence-corrected chi connectivity index (χ3v) is 5.10. The maximum absolute atomic E-state index is 5.99. The average molecular weight is 353 g/mol. The summed E-state index contributed by atoms with van der Waals surface area (Å²) in [7, 11) is 2.13. The molecule has 0 fully saturated rings. The Morgan fingerprint density at radius 3 is 2.55 bits per heavy atom. The van der Waals surface area contributed by atoms with Crippen LogP contribution in [0.25, 0.3) is 0 Å². The van der Waals surface area contributed by atoms with Crippen molar-refractivity contribution >= 4 is 33.0 Å². The number of halogens is 1. The molecule has 0 spiro atoms. The van der Waals surface area contributed by atoms with E-state index in [0.717, 1.165) is 23.9 Å². The molecule has 1 unspecified atom stereocenters. The third-order valence-electron chi connectivity index (χ3n) is 3.41.